The van der Waals surface area contributed by atoms with E-state index in [0.29, 0.717) is 19.6 Å². The van der Waals surface area contributed by atoms with Gasteiger partial charge in [-0.05, 0) is 49.4 Å². The topological polar surface area (TPSA) is 80.3 Å². The van der Waals surface area contributed by atoms with Crippen molar-refractivity contribution in [3.05, 3.63) is 48.5 Å². The lowest BCUT2D eigenvalue weighted by Gasteiger charge is -2.23. The van der Waals surface area contributed by atoms with E-state index in [9.17, 15) is 9.59 Å². The molecule has 3 aromatic rings. The zero-order valence-corrected chi connectivity index (χ0v) is 36.0. The zero-order chi connectivity index (χ0) is 39.2. The van der Waals surface area contributed by atoms with Crippen molar-refractivity contribution < 1.29 is 14.3 Å². The lowest BCUT2D eigenvalue weighted by atomic mass is 9.97. The third-order valence-corrected chi connectivity index (χ3v) is 12.2. The van der Waals surface area contributed by atoms with Crippen molar-refractivity contribution in [1.29, 1.82) is 0 Å². The van der Waals surface area contributed by atoms with Crippen LogP contribution in [-0.2, 0) is 9.59 Å². The Morgan fingerprint density at radius 3 is 1.78 bits per heavy atom. The maximum atomic E-state index is 13.0. The molecule has 0 aliphatic heterocycles. The Bertz CT molecular complexity index is 1390. The number of amides is 2. The molecule has 0 aliphatic carbocycles. The van der Waals surface area contributed by atoms with Gasteiger partial charge in [0, 0.05) is 13.0 Å². The third-order valence-electron chi connectivity index (χ3n) is 11.1. The number of carbonyl (C=O) groups excluding carboxylic acids is 2. The Morgan fingerprint density at radius 2 is 1.18 bits per heavy atom. The molecule has 0 fully saturated rings. The minimum absolute atomic E-state index is 0.00701. The van der Waals surface area contributed by atoms with Gasteiger partial charge in [-0.3, -0.25) is 9.59 Å². The summed E-state index contributed by atoms with van der Waals surface area (Å²) in [6.07, 6.45) is 31.7. The molecule has 0 aliphatic rings. The second-order valence-electron chi connectivity index (χ2n) is 15.9. The highest BCUT2D eigenvalue weighted by Gasteiger charge is 2.25. The van der Waals surface area contributed by atoms with Gasteiger partial charge in [0.2, 0.25) is 11.8 Å². The molecule has 2 amide bonds. The van der Waals surface area contributed by atoms with E-state index in [2.05, 4.69) is 55.7 Å². The highest BCUT2D eigenvalue weighted by Crippen LogP contribution is 2.35. The maximum Gasteiger partial charge on any atom is 0.242 e. The summed E-state index contributed by atoms with van der Waals surface area (Å²) >= 11 is 1.71. The Labute approximate surface area is 339 Å². The molecule has 0 unspecified atom stereocenters. The highest BCUT2D eigenvalue weighted by atomic mass is 32.1. The Kier molecular flexibility index (Phi) is 25.5. The maximum absolute atomic E-state index is 13.0. The lowest BCUT2D eigenvalue weighted by Crippen LogP contribution is -2.50. The molecule has 6 nitrogen and oxygen atoms in total. The molecule has 0 saturated carbocycles. The molecule has 0 saturated heterocycles. The first kappa shape index (κ1) is 46.5. The predicted octanol–water partition coefficient (Wildman–Crippen LogP) is 13.8. The van der Waals surface area contributed by atoms with Crippen LogP contribution in [0, 0.1) is 5.92 Å². The van der Waals surface area contributed by atoms with Crippen molar-refractivity contribution in [3.63, 3.8) is 0 Å². The average molecular weight is 776 g/mol. The average Bonchev–Trinajstić information content (AvgIpc) is 3.64. The van der Waals surface area contributed by atoms with E-state index in [1.807, 2.05) is 24.3 Å². The molecule has 3 rings (SSSR count). The number of thiazole rings is 1. The summed E-state index contributed by atoms with van der Waals surface area (Å²) in [4.78, 5) is 30.6. The van der Waals surface area contributed by atoms with Gasteiger partial charge in [-0.25, -0.2) is 4.98 Å². The fourth-order valence-corrected chi connectivity index (χ4v) is 8.32. The number of fused-ring (bicyclic) bond motifs is 1. The first-order valence-corrected chi connectivity index (χ1v) is 23.5. The van der Waals surface area contributed by atoms with Gasteiger partial charge in [0.15, 0.2) is 0 Å². The Hall–Kier alpha value is -2.93. The molecular formula is C48H77N3O3S. The Morgan fingerprint density at radius 1 is 0.655 bits per heavy atom. The van der Waals surface area contributed by atoms with Crippen molar-refractivity contribution in [3.8, 4) is 16.3 Å². The summed E-state index contributed by atoms with van der Waals surface area (Å²) in [5.41, 5.74) is 2.10. The van der Waals surface area contributed by atoms with Crippen molar-refractivity contribution in [2.75, 3.05) is 13.2 Å². The predicted molar refractivity (Wildman–Crippen MR) is 236 cm³/mol. The van der Waals surface area contributed by atoms with Crippen LogP contribution in [0.25, 0.3) is 20.8 Å². The van der Waals surface area contributed by atoms with Crippen LogP contribution in [0.2, 0.25) is 0 Å². The molecule has 0 spiro atoms. The quantitative estimate of drug-likeness (QED) is 0.0592. The SMILES string of the molecule is CCCCCCCCCCCCCCCCCCNC(=O)[C@@H](NC(=O)CCCCCCCCCCOc1ccccc1-c1nc2ccccc2s1)[C@@H](C)CC. The first-order chi connectivity index (χ1) is 27.0. The number of hydrogen-bond donors (Lipinski definition) is 2. The van der Waals surface area contributed by atoms with Gasteiger partial charge in [0.25, 0.3) is 0 Å². The normalized spacial score (nSPS) is 12.5. The summed E-state index contributed by atoms with van der Waals surface area (Å²) in [5, 5.41) is 7.20. The van der Waals surface area contributed by atoms with E-state index < -0.39 is 6.04 Å². The molecule has 55 heavy (non-hydrogen) atoms. The number of rotatable bonds is 34. The first-order valence-electron chi connectivity index (χ1n) is 22.7. The number of carbonyl (C=O) groups is 2. The van der Waals surface area contributed by atoms with Gasteiger partial charge in [-0.2, -0.15) is 0 Å². The molecule has 1 heterocycles. The van der Waals surface area contributed by atoms with Gasteiger partial charge in [0.05, 0.1) is 22.4 Å². The molecule has 7 heteroatoms. The van der Waals surface area contributed by atoms with Gasteiger partial charge in [-0.1, -0.05) is 186 Å². The van der Waals surface area contributed by atoms with E-state index in [0.717, 1.165) is 73.2 Å². The largest absolute Gasteiger partial charge is 0.493 e. The van der Waals surface area contributed by atoms with E-state index >= 15 is 0 Å². The van der Waals surface area contributed by atoms with Crippen LogP contribution < -0.4 is 15.4 Å². The number of aromatic nitrogens is 1. The van der Waals surface area contributed by atoms with Crippen LogP contribution in [0.1, 0.15) is 188 Å². The number of ether oxygens (including phenoxy) is 1. The number of para-hydroxylation sites is 2. The molecule has 2 aromatic carbocycles. The van der Waals surface area contributed by atoms with Crippen LogP contribution in [-0.4, -0.2) is 36.0 Å². The smallest absolute Gasteiger partial charge is 0.242 e. The van der Waals surface area contributed by atoms with Gasteiger partial charge < -0.3 is 15.4 Å². The van der Waals surface area contributed by atoms with E-state index in [4.69, 9.17) is 9.72 Å². The standard InChI is InChI=1S/C48H77N3O3S/c1-4-6-7-8-9-10-11-12-13-14-15-16-18-21-24-31-38-49-47(53)46(40(3)5-2)51-45(52)37-26-23-20-17-19-22-25-32-39-54-43-35-29-27-33-41(43)48-50-42-34-28-30-36-44(42)55-48/h27-30,33-36,40,46H,4-26,31-32,37-39H2,1-3H3,(H,49,53)(H,51,52)/t40-,46-/m0/s1. The molecule has 2 N–H and O–H groups in total. The summed E-state index contributed by atoms with van der Waals surface area (Å²) < 4.78 is 7.40. The number of unbranched alkanes of at least 4 members (excludes halogenated alkanes) is 22. The molecule has 308 valence electrons. The third kappa shape index (κ3) is 20.2. The minimum atomic E-state index is -0.441. The van der Waals surface area contributed by atoms with Crippen molar-refractivity contribution >= 4 is 33.4 Å². The summed E-state index contributed by atoms with van der Waals surface area (Å²) in [6, 6.07) is 16.0. The minimum Gasteiger partial charge on any atom is -0.493 e. The van der Waals surface area contributed by atoms with Crippen molar-refractivity contribution in [1.82, 2.24) is 15.6 Å². The highest BCUT2D eigenvalue weighted by molar-refractivity contribution is 7.21. The fourth-order valence-electron chi connectivity index (χ4n) is 7.33. The van der Waals surface area contributed by atoms with Crippen LogP contribution >= 0.6 is 11.3 Å². The second kappa shape index (κ2) is 30.2. The van der Waals surface area contributed by atoms with Gasteiger partial charge >= 0.3 is 0 Å². The van der Waals surface area contributed by atoms with E-state index in [-0.39, 0.29) is 17.7 Å². The number of nitrogens with zero attached hydrogens (tertiary/aromatic N) is 1. The van der Waals surface area contributed by atoms with Crippen molar-refractivity contribution in [2.24, 2.45) is 5.92 Å². The van der Waals surface area contributed by atoms with Crippen molar-refractivity contribution in [2.45, 2.75) is 194 Å². The van der Waals surface area contributed by atoms with Crippen LogP contribution in [0.5, 0.6) is 5.75 Å². The Balaban J connectivity index is 1.14. The molecule has 0 bridgehead atoms. The second-order valence-corrected chi connectivity index (χ2v) is 17.0. The fraction of sp³-hybridized carbons (Fsp3) is 0.688. The van der Waals surface area contributed by atoms with Crippen LogP contribution in [0.3, 0.4) is 0 Å². The summed E-state index contributed by atoms with van der Waals surface area (Å²) in [6.45, 7) is 7.85. The zero-order valence-electron chi connectivity index (χ0n) is 35.2. The number of nitrogens with one attached hydrogen (secondary N) is 2. The van der Waals surface area contributed by atoms with Gasteiger partial charge in [-0.15, -0.1) is 11.3 Å². The molecular weight excluding hydrogens is 699 g/mol. The monoisotopic (exact) mass is 776 g/mol. The van der Waals surface area contributed by atoms with Crippen LogP contribution in [0.4, 0.5) is 0 Å². The lowest BCUT2D eigenvalue weighted by molar-refractivity contribution is -0.130. The molecule has 0 radical (unpaired) electrons. The van der Waals surface area contributed by atoms with E-state index in [1.165, 1.54) is 114 Å². The number of hydrogen-bond acceptors (Lipinski definition) is 5. The van der Waals surface area contributed by atoms with Gasteiger partial charge in [0.1, 0.15) is 16.8 Å². The number of benzene rings is 2. The summed E-state index contributed by atoms with van der Waals surface area (Å²) in [7, 11) is 0. The molecule has 1 aromatic heterocycles. The van der Waals surface area contributed by atoms with E-state index in [1.54, 1.807) is 11.3 Å². The molecule has 2 atom stereocenters. The van der Waals surface area contributed by atoms with Crippen LogP contribution in [0.15, 0.2) is 48.5 Å². The summed E-state index contributed by atoms with van der Waals surface area (Å²) in [5.74, 6) is 1.01.